The molecule has 7 heteroatoms. The summed E-state index contributed by atoms with van der Waals surface area (Å²) in [6, 6.07) is 3.97. The highest BCUT2D eigenvalue weighted by atomic mass is 19.4. The van der Waals surface area contributed by atoms with Gasteiger partial charge in [-0.05, 0) is 36.0 Å². The third-order valence-corrected chi connectivity index (χ3v) is 4.02. The average molecular weight is 342 g/mol. The van der Waals surface area contributed by atoms with Gasteiger partial charge in [0.2, 0.25) is 0 Å². The summed E-state index contributed by atoms with van der Waals surface area (Å²) in [5.41, 5.74) is -0.314. The standard InChI is InChI=1S/C17H21F3N2O2/c1-16(2,3)13-14(23)22(15(24)21-13)10-4-5-11-6-8-12(9-7-11)17(18,19)20/h6-9,13H,4-5,10H2,1-3H3,(H,21,24)/t13-/m0/s1. The molecule has 24 heavy (non-hydrogen) atoms. The fourth-order valence-corrected chi connectivity index (χ4v) is 2.62. The molecule has 3 amide bonds. The molecule has 132 valence electrons. The van der Waals surface area contributed by atoms with Gasteiger partial charge >= 0.3 is 12.2 Å². The number of hydrogen-bond acceptors (Lipinski definition) is 2. The van der Waals surface area contributed by atoms with Crippen molar-refractivity contribution in [2.75, 3.05) is 6.54 Å². The van der Waals surface area contributed by atoms with Gasteiger partial charge in [-0.2, -0.15) is 13.2 Å². The molecule has 0 radical (unpaired) electrons. The van der Waals surface area contributed by atoms with Gasteiger partial charge in [0.25, 0.3) is 5.91 Å². The number of benzene rings is 1. The van der Waals surface area contributed by atoms with E-state index in [0.29, 0.717) is 12.8 Å². The van der Waals surface area contributed by atoms with E-state index in [9.17, 15) is 22.8 Å². The second kappa shape index (κ2) is 6.45. The molecule has 4 nitrogen and oxygen atoms in total. The van der Waals surface area contributed by atoms with Crippen molar-refractivity contribution < 1.29 is 22.8 Å². The van der Waals surface area contributed by atoms with Crippen LogP contribution < -0.4 is 5.32 Å². The Morgan fingerprint density at radius 1 is 1.08 bits per heavy atom. The van der Waals surface area contributed by atoms with Crippen molar-refractivity contribution >= 4 is 11.9 Å². The minimum absolute atomic E-state index is 0.248. The van der Waals surface area contributed by atoms with Crippen LogP contribution in [0.5, 0.6) is 0 Å². The summed E-state index contributed by atoms with van der Waals surface area (Å²) in [5, 5.41) is 2.68. The first-order chi connectivity index (χ1) is 11.0. The maximum atomic E-state index is 12.5. The number of aryl methyl sites for hydroxylation is 1. The van der Waals surface area contributed by atoms with Crippen molar-refractivity contribution in [3.05, 3.63) is 35.4 Å². The van der Waals surface area contributed by atoms with E-state index in [1.165, 1.54) is 17.0 Å². The van der Waals surface area contributed by atoms with Crippen LogP contribution in [0.2, 0.25) is 0 Å². The Labute approximate surface area is 139 Å². The topological polar surface area (TPSA) is 49.4 Å². The second-order valence-corrected chi connectivity index (χ2v) is 7.04. The van der Waals surface area contributed by atoms with Gasteiger partial charge in [0.1, 0.15) is 6.04 Å². The van der Waals surface area contributed by atoms with Crippen LogP contribution in [0.15, 0.2) is 24.3 Å². The van der Waals surface area contributed by atoms with Crippen molar-refractivity contribution in [3.63, 3.8) is 0 Å². The fourth-order valence-electron chi connectivity index (χ4n) is 2.62. The van der Waals surface area contributed by atoms with Crippen LogP contribution in [0, 0.1) is 5.41 Å². The lowest BCUT2D eigenvalue weighted by Crippen LogP contribution is -2.41. The van der Waals surface area contributed by atoms with Crippen molar-refractivity contribution in [1.29, 1.82) is 0 Å². The summed E-state index contributed by atoms with van der Waals surface area (Å²) in [4.78, 5) is 25.4. The third-order valence-electron chi connectivity index (χ3n) is 4.02. The summed E-state index contributed by atoms with van der Waals surface area (Å²) in [7, 11) is 0. The summed E-state index contributed by atoms with van der Waals surface area (Å²) in [6.45, 7) is 5.88. The molecule has 1 aromatic rings. The first-order valence-electron chi connectivity index (χ1n) is 7.78. The Hall–Kier alpha value is -2.05. The quantitative estimate of drug-likeness (QED) is 0.850. The zero-order valence-corrected chi connectivity index (χ0v) is 13.9. The molecule has 1 aliphatic rings. The van der Waals surface area contributed by atoms with Gasteiger partial charge in [-0.3, -0.25) is 9.69 Å². The van der Waals surface area contributed by atoms with Crippen LogP contribution in [0.25, 0.3) is 0 Å². The van der Waals surface area contributed by atoms with Crippen molar-refractivity contribution in [2.45, 2.75) is 45.8 Å². The summed E-state index contributed by atoms with van der Waals surface area (Å²) in [5.74, 6) is -0.250. The molecule has 0 unspecified atom stereocenters. The second-order valence-electron chi connectivity index (χ2n) is 7.04. The lowest BCUT2D eigenvalue weighted by molar-refractivity contribution is -0.137. The summed E-state index contributed by atoms with van der Waals surface area (Å²) in [6.07, 6.45) is -3.35. The van der Waals surface area contributed by atoms with E-state index in [1.54, 1.807) is 0 Å². The number of nitrogens with zero attached hydrogens (tertiary/aromatic N) is 1. The van der Waals surface area contributed by atoms with Crippen LogP contribution in [-0.4, -0.2) is 29.4 Å². The molecule has 0 aliphatic carbocycles. The molecule has 1 fully saturated rings. The van der Waals surface area contributed by atoms with Gasteiger partial charge in [-0.1, -0.05) is 32.9 Å². The lowest BCUT2D eigenvalue weighted by Gasteiger charge is -2.24. The molecular formula is C17H21F3N2O2. The zero-order chi connectivity index (χ0) is 18.1. The number of carbonyl (C=O) groups is 2. The minimum Gasteiger partial charge on any atom is -0.325 e. The Balaban J connectivity index is 1.90. The van der Waals surface area contributed by atoms with Crippen molar-refractivity contribution in [3.8, 4) is 0 Å². The molecule has 1 heterocycles. The van der Waals surface area contributed by atoms with Crippen LogP contribution >= 0.6 is 0 Å². The SMILES string of the molecule is CC(C)(C)[C@H]1NC(=O)N(CCCc2ccc(C(F)(F)F)cc2)C1=O. The van der Waals surface area contributed by atoms with Gasteiger partial charge in [-0.15, -0.1) is 0 Å². The minimum atomic E-state index is -4.35. The number of imide groups is 1. The molecule has 1 saturated heterocycles. The highest BCUT2D eigenvalue weighted by Crippen LogP contribution is 2.29. The van der Waals surface area contributed by atoms with Gasteiger partial charge in [0, 0.05) is 6.54 Å². The number of nitrogens with one attached hydrogen (secondary N) is 1. The van der Waals surface area contributed by atoms with Gasteiger partial charge in [0.15, 0.2) is 0 Å². The maximum Gasteiger partial charge on any atom is 0.416 e. The molecule has 0 saturated carbocycles. The van der Waals surface area contributed by atoms with Crippen molar-refractivity contribution in [2.24, 2.45) is 5.41 Å². The van der Waals surface area contributed by atoms with E-state index in [2.05, 4.69) is 5.32 Å². The molecular weight excluding hydrogens is 321 g/mol. The molecule has 1 N–H and O–H groups in total. The van der Waals surface area contributed by atoms with E-state index in [0.717, 1.165) is 17.7 Å². The highest BCUT2D eigenvalue weighted by molar-refractivity contribution is 6.04. The number of halogens is 3. The summed E-state index contributed by atoms with van der Waals surface area (Å²) < 4.78 is 37.5. The molecule has 0 bridgehead atoms. The number of amides is 3. The van der Waals surface area contributed by atoms with Gasteiger partial charge in [0.05, 0.1) is 5.56 Å². The van der Waals surface area contributed by atoms with E-state index in [4.69, 9.17) is 0 Å². The largest absolute Gasteiger partial charge is 0.416 e. The molecule has 0 aromatic heterocycles. The molecule has 2 rings (SSSR count). The molecule has 1 aromatic carbocycles. The van der Waals surface area contributed by atoms with Crippen LogP contribution in [0.1, 0.15) is 38.3 Å². The van der Waals surface area contributed by atoms with E-state index < -0.39 is 23.8 Å². The monoisotopic (exact) mass is 342 g/mol. The molecule has 1 atom stereocenters. The normalized spacial score (nSPS) is 18.9. The van der Waals surface area contributed by atoms with Crippen LogP contribution in [-0.2, 0) is 17.4 Å². The molecule has 1 aliphatic heterocycles. The number of urea groups is 1. The first-order valence-corrected chi connectivity index (χ1v) is 7.78. The van der Waals surface area contributed by atoms with Crippen LogP contribution in [0.4, 0.5) is 18.0 Å². The third kappa shape index (κ3) is 4.07. The number of alkyl halides is 3. The van der Waals surface area contributed by atoms with Crippen LogP contribution in [0.3, 0.4) is 0 Å². The fraction of sp³-hybridized carbons (Fsp3) is 0.529. The number of hydrogen-bond donors (Lipinski definition) is 1. The zero-order valence-electron chi connectivity index (χ0n) is 13.9. The van der Waals surface area contributed by atoms with Crippen molar-refractivity contribution in [1.82, 2.24) is 10.2 Å². The Bertz CT molecular complexity index is 618. The number of rotatable bonds is 4. The average Bonchev–Trinajstić information content (AvgIpc) is 2.74. The highest BCUT2D eigenvalue weighted by Gasteiger charge is 2.43. The van der Waals surface area contributed by atoms with Gasteiger partial charge < -0.3 is 5.32 Å². The lowest BCUT2D eigenvalue weighted by atomic mass is 9.87. The predicted molar refractivity (Wildman–Crippen MR) is 83.3 cm³/mol. The van der Waals surface area contributed by atoms with E-state index in [1.807, 2.05) is 20.8 Å². The predicted octanol–water partition coefficient (Wildman–Crippen LogP) is 3.60. The van der Waals surface area contributed by atoms with Gasteiger partial charge in [-0.25, -0.2) is 4.79 Å². The number of carbonyl (C=O) groups excluding carboxylic acids is 2. The Morgan fingerprint density at radius 2 is 1.67 bits per heavy atom. The first kappa shape index (κ1) is 18.3. The summed E-state index contributed by atoms with van der Waals surface area (Å²) >= 11 is 0. The Morgan fingerprint density at radius 3 is 2.12 bits per heavy atom. The molecule has 0 spiro atoms. The smallest absolute Gasteiger partial charge is 0.325 e. The van der Waals surface area contributed by atoms with E-state index in [-0.39, 0.29) is 17.9 Å². The Kier molecular flexibility index (Phi) is 4.92. The maximum absolute atomic E-state index is 12.5. The van der Waals surface area contributed by atoms with E-state index >= 15 is 0 Å².